The van der Waals surface area contributed by atoms with E-state index in [1.165, 1.54) is 19.3 Å². The average molecular weight is 270 g/mol. The Kier molecular flexibility index (Phi) is 3.48. The normalized spacial score (nSPS) is 29.3. The van der Waals surface area contributed by atoms with E-state index in [4.69, 9.17) is 0 Å². The highest BCUT2D eigenvalue weighted by Gasteiger charge is 2.41. The molecule has 6 heteroatoms. The van der Waals surface area contributed by atoms with Crippen molar-refractivity contribution in [1.82, 2.24) is 15.1 Å². The summed E-state index contributed by atoms with van der Waals surface area (Å²) in [6.45, 7) is 4.61. The lowest BCUT2D eigenvalue weighted by Crippen LogP contribution is -2.45. The van der Waals surface area contributed by atoms with Gasteiger partial charge in [-0.1, -0.05) is 11.3 Å². The molecule has 0 bridgehead atoms. The third-order valence-corrected chi connectivity index (χ3v) is 4.95. The van der Waals surface area contributed by atoms with Crippen LogP contribution in [0.1, 0.15) is 19.3 Å². The molecule has 0 saturated carbocycles. The van der Waals surface area contributed by atoms with Crippen molar-refractivity contribution in [2.75, 3.05) is 44.3 Å². The Labute approximate surface area is 111 Å². The van der Waals surface area contributed by atoms with Crippen molar-refractivity contribution >= 4 is 16.5 Å². The molecule has 2 aliphatic heterocycles. The number of nitrogens with zero attached hydrogens (tertiary/aromatic N) is 4. The van der Waals surface area contributed by atoms with Gasteiger partial charge in [0.05, 0.1) is 0 Å². The number of hydrogen-bond donors (Lipinski definition) is 0. The van der Waals surface area contributed by atoms with Gasteiger partial charge in [-0.05, 0) is 25.8 Å². The van der Waals surface area contributed by atoms with Crippen LogP contribution in [-0.2, 0) is 0 Å². The molecule has 18 heavy (non-hydrogen) atoms. The summed E-state index contributed by atoms with van der Waals surface area (Å²) in [5.41, 5.74) is 2.15. The van der Waals surface area contributed by atoms with E-state index in [0.29, 0.717) is 12.0 Å². The van der Waals surface area contributed by atoms with E-state index in [-0.39, 0.29) is 6.67 Å². The van der Waals surface area contributed by atoms with E-state index in [1.807, 2.05) is 0 Å². The zero-order chi connectivity index (χ0) is 12.4. The largest absolute Gasteiger partial charge is 0.346 e. The molecule has 1 spiro atoms. The zero-order valence-corrected chi connectivity index (χ0v) is 11.3. The average Bonchev–Trinajstić information content (AvgIpc) is 3.01. The summed E-state index contributed by atoms with van der Waals surface area (Å²) < 4.78 is 12.4. The summed E-state index contributed by atoms with van der Waals surface area (Å²) in [5, 5.41) is 9.13. The molecule has 0 radical (unpaired) electrons. The van der Waals surface area contributed by atoms with Gasteiger partial charge in [0.15, 0.2) is 0 Å². The number of anilines is 1. The number of piperidine rings is 1. The maximum Gasteiger partial charge on any atom is 0.208 e. The predicted molar refractivity (Wildman–Crippen MR) is 70.8 cm³/mol. The van der Waals surface area contributed by atoms with Crippen molar-refractivity contribution in [2.24, 2.45) is 5.41 Å². The topological polar surface area (TPSA) is 32.3 Å². The summed E-state index contributed by atoms with van der Waals surface area (Å²) in [7, 11) is 0. The SMILES string of the molecule is FCCN1CC[C@]2(CCCN(c3nncs3)C2)C1. The second-order valence-electron chi connectivity index (χ2n) is 5.46. The van der Waals surface area contributed by atoms with E-state index in [0.717, 1.165) is 31.3 Å². The predicted octanol–water partition coefficient (Wildman–Crippen LogP) is 1.80. The highest BCUT2D eigenvalue weighted by molar-refractivity contribution is 7.13. The summed E-state index contributed by atoms with van der Waals surface area (Å²) >= 11 is 1.61. The fraction of sp³-hybridized carbons (Fsp3) is 0.833. The quantitative estimate of drug-likeness (QED) is 0.838. The molecular weight excluding hydrogens is 251 g/mol. The van der Waals surface area contributed by atoms with Crippen LogP contribution in [0.15, 0.2) is 5.51 Å². The van der Waals surface area contributed by atoms with Gasteiger partial charge in [0.2, 0.25) is 5.13 Å². The maximum absolute atomic E-state index is 12.4. The fourth-order valence-corrected chi connectivity index (χ4v) is 3.94. The number of alkyl halides is 1. The van der Waals surface area contributed by atoms with Gasteiger partial charge in [-0.3, -0.25) is 0 Å². The highest BCUT2D eigenvalue weighted by Crippen LogP contribution is 2.40. The summed E-state index contributed by atoms with van der Waals surface area (Å²) in [6, 6.07) is 0. The van der Waals surface area contributed by atoms with Crippen molar-refractivity contribution in [3.63, 3.8) is 0 Å². The third-order valence-electron chi connectivity index (χ3n) is 4.20. The number of likely N-dealkylation sites (tertiary alicyclic amines) is 1. The molecule has 2 saturated heterocycles. The first-order valence-corrected chi connectivity index (χ1v) is 7.49. The molecule has 0 unspecified atom stereocenters. The van der Waals surface area contributed by atoms with Gasteiger partial charge in [0.25, 0.3) is 0 Å². The van der Waals surface area contributed by atoms with Gasteiger partial charge in [-0.15, -0.1) is 10.2 Å². The number of aromatic nitrogens is 2. The number of hydrogen-bond acceptors (Lipinski definition) is 5. The van der Waals surface area contributed by atoms with Crippen LogP contribution < -0.4 is 4.90 Å². The molecule has 4 nitrogen and oxygen atoms in total. The summed E-state index contributed by atoms with van der Waals surface area (Å²) in [5.74, 6) is 0. The Morgan fingerprint density at radius 1 is 1.33 bits per heavy atom. The lowest BCUT2D eigenvalue weighted by atomic mass is 9.79. The van der Waals surface area contributed by atoms with Crippen LogP contribution in [-0.4, -0.2) is 54.5 Å². The van der Waals surface area contributed by atoms with Crippen molar-refractivity contribution in [3.8, 4) is 0 Å². The number of rotatable bonds is 3. The van der Waals surface area contributed by atoms with E-state index in [9.17, 15) is 4.39 Å². The lowest BCUT2D eigenvalue weighted by Gasteiger charge is -2.40. The van der Waals surface area contributed by atoms with Gasteiger partial charge in [-0.25, -0.2) is 4.39 Å². The monoisotopic (exact) mass is 270 g/mol. The van der Waals surface area contributed by atoms with Crippen molar-refractivity contribution in [3.05, 3.63) is 5.51 Å². The summed E-state index contributed by atoms with van der Waals surface area (Å²) in [4.78, 5) is 4.63. The molecule has 3 heterocycles. The Morgan fingerprint density at radius 2 is 2.28 bits per heavy atom. The highest BCUT2D eigenvalue weighted by atomic mass is 32.1. The Balaban J connectivity index is 1.67. The van der Waals surface area contributed by atoms with Gasteiger partial charge >= 0.3 is 0 Å². The number of halogens is 1. The van der Waals surface area contributed by atoms with E-state index in [2.05, 4.69) is 20.0 Å². The molecular formula is C12H19FN4S. The summed E-state index contributed by atoms with van der Waals surface area (Å²) in [6.07, 6.45) is 3.68. The van der Waals surface area contributed by atoms with E-state index in [1.54, 1.807) is 16.8 Å². The van der Waals surface area contributed by atoms with Gasteiger partial charge in [0.1, 0.15) is 12.2 Å². The second-order valence-corrected chi connectivity index (χ2v) is 6.27. The molecule has 3 rings (SSSR count). The minimum Gasteiger partial charge on any atom is -0.346 e. The van der Waals surface area contributed by atoms with Crippen LogP contribution >= 0.6 is 11.3 Å². The first kappa shape index (κ1) is 12.3. The molecule has 2 aliphatic rings. The minimum atomic E-state index is -0.226. The third kappa shape index (κ3) is 2.36. The first-order chi connectivity index (χ1) is 8.81. The Morgan fingerprint density at radius 3 is 3.06 bits per heavy atom. The zero-order valence-electron chi connectivity index (χ0n) is 10.5. The van der Waals surface area contributed by atoms with Crippen molar-refractivity contribution < 1.29 is 4.39 Å². The van der Waals surface area contributed by atoms with E-state index < -0.39 is 0 Å². The van der Waals surface area contributed by atoms with Crippen LogP contribution in [0.5, 0.6) is 0 Å². The van der Waals surface area contributed by atoms with Crippen molar-refractivity contribution in [2.45, 2.75) is 19.3 Å². The van der Waals surface area contributed by atoms with Crippen LogP contribution in [0, 0.1) is 5.41 Å². The first-order valence-electron chi connectivity index (χ1n) is 6.61. The molecule has 0 aliphatic carbocycles. The van der Waals surface area contributed by atoms with Crippen LogP contribution in [0.3, 0.4) is 0 Å². The fourth-order valence-electron chi connectivity index (χ4n) is 3.35. The second kappa shape index (κ2) is 5.09. The molecule has 0 amide bonds. The van der Waals surface area contributed by atoms with Gasteiger partial charge < -0.3 is 9.80 Å². The van der Waals surface area contributed by atoms with Crippen LogP contribution in [0.25, 0.3) is 0 Å². The molecule has 2 fully saturated rings. The van der Waals surface area contributed by atoms with Crippen molar-refractivity contribution in [1.29, 1.82) is 0 Å². The lowest BCUT2D eigenvalue weighted by molar-refractivity contribution is 0.212. The molecule has 0 N–H and O–H groups in total. The maximum atomic E-state index is 12.4. The van der Waals surface area contributed by atoms with Gasteiger partial charge in [-0.2, -0.15) is 0 Å². The Hall–Kier alpha value is -0.750. The smallest absolute Gasteiger partial charge is 0.208 e. The minimum absolute atomic E-state index is 0.226. The molecule has 1 aromatic heterocycles. The molecule has 1 aromatic rings. The Bertz CT molecular complexity index is 385. The molecule has 100 valence electrons. The molecule has 0 aromatic carbocycles. The van der Waals surface area contributed by atoms with Gasteiger partial charge in [0, 0.05) is 31.6 Å². The van der Waals surface area contributed by atoms with Crippen LogP contribution in [0.4, 0.5) is 9.52 Å². The standard InChI is InChI=1S/C12H19FN4S/c13-4-7-16-6-3-12(8-16)2-1-5-17(9-12)11-15-14-10-18-11/h10H,1-9H2/t12-/m1/s1. The van der Waals surface area contributed by atoms with Crippen LogP contribution in [0.2, 0.25) is 0 Å². The molecule has 1 atom stereocenters. The van der Waals surface area contributed by atoms with E-state index >= 15 is 0 Å².